The Morgan fingerprint density at radius 2 is 1.68 bits per heavy atom. The maximum atomic E-state index is 13.7. The Kier molecular flexibility index (Phi) is 11.6. The second-order valence-electron chi connectivity index (χ2n) is 8.44. The van der Waals surface area contributed by atoms with Crippen LogP contribution < -0.4 is 10.1 Å². The minimum absolute atomic E-state index is 0.0352. The highest BCUT2D eigenvalue weighted by Gasteiger charge is 2.31. The van der Waals surface area contributed by atoms with Gasteiger partial charge in [0.25, 0.3) is 5.91 Å². The van der Waals surface area contributed by atoms with Crippen molar-refractivity contribution in [3.63, 3.8) is 0 Å². The van der Waals surface area contributed by atoms with Crippen LogP contribution in [0.2, 0.25) is 15.1 Å². The van der Waals surface area contributed by atoms with E-state index >= 15 is 0 Å². The van der Waals surface area contributed by atoms with Crippen molar-refractivity contribution in [2.45, 2.75) is 38.8 Å². The molecule has 0 fully saturated rings. The minimum atomic E-state index is -0.817. The molecule has 0 heterocycles. The summed E-state index contributed by atoms with van der Waals surface area (Å²) in [5, 5.41) is 4.16. The summed E-state index contributed by atoms with van der Waals surface area (Å²) in [6.45, 7) is 2.28. The van der Waals surface area contributed by atoms with Crippen LogP contribution in [0.1, 0.15) is 30.9 Å². The van der Waals surface area contributed by atoms with Crippen LogP contribution in [0.4, 0.5) is 0 Å². The predicted molar refractivity (Wildman–Crippen MR) is 154 cm³/mol. The van der Waals surface area contributed by atoms with Crippen LogP contribution in [0.3, 0.4) is 0 Å². The van der Waals surface area contributed by atoms with Gasteiger partial charge in [0, 0.05) is 39.6 Å². The fraction of sp³-hybridized carbons (Fsp3) is 0.286. The maximum Gasteiger partial charge on any atom is 0.261 e. The minimum Gasteiger partial charge on any atom is -0.482 e. The molecule has 1 unspecified atom stereocenters. The number of benzene rings is 3. The van der Waals surface area contributed by atoms with E-state index in [1.165, 1.54) is 4.90 Å². The number of ether oxygens (including phenoxy) is 1. The molecule has 37 heavy (non-hydrogen) atoms. The zero-order chi connectivity index (χ0) is 26.8. The van der Waals surface area contributed by atoms with Gasteiger partial charge in [0.2, 0.25) is 5.91 Å². The third kappa shape index (κ3) is 8.64. The molecule has 5 nitrogen and oxygen atoms in total. The predicted octanol–water partition coefficient (Wildman–Crippen LogP) is 7.34. The van der Waals surface area contributed by atoms with Gasteiger partial charge in [-0.2, -0.15) is 0 Å². The fourth-order valence-electron chi connectivity index (χ4n) is 3.73. The van der Waals surface area contributed by atoms with Gasteiger partial charge in [-0.3, -0.25) is 9.59 Å². The average molecular weight is 627 g/mol. The van der Waals surface area contributed by atoms with E-state index in [0.717, 1.165) is 22.9 Å². The molecule has 0 spiro atoms. The highest BCUT2D eigenvalue weighted by atomic mass is 79.9. The molecule has 196 valence electrons. The van der Waals surface area contributed by atoms with Crippen LogP contribution in [0, 0.1) is 0 Å². The molecule has 2 amide bonds. The lowest BCUT2D eigenvalue weighted by molar-refractivity contribution is -0.142. The fourth-order valence-corrected chi connectivity index (χ4v) is 4.97. The molecule has 0 bridgehead atoms. The number of nitrogens with zero attached hydrogens (tertiary/aromatic N) is 1. The van der Waals surface area contributed by atoms with Gasteiger partial charge in [0.05, 0.1) is 5.02 Å². The third-order valence-corrected chi connectivity index (χ3v) is 7.23. The summed E-state index contributed by atoms with van der Waals surface area (Å²) < 4.78 is 6.56. The lowest BCUT2D eigenvalue weighted by Gasteiger charge is -2.32. The molecule has 0 aliphatic heterocycles. The van der Waals surface area contributed by atoms with Crippen LogP contribution >= 0.6 is 50.7 Å². The van der Waals surface area contributed by atoms with Crippen LogP contribution in [0.25, 0.3) is 0 Å². The van der Waals surface area contributed by atoms with Crippen LogP contribution in [-0.2, 0) is 22.6 Å². The van der Waals surface area contributed by atoms with Crippen molar-refractivity contribution in [2.75, 3.05) is 13.2 Å². The van der Waals surface area contributed by atoms with E-state index in [2.05, 4.69) is 21.2 Å². The smallest absolute Gasteiger partial charge is 0.261 e. The SMILES string of the molecule is CCCCNC(=O)C(Cc1ccccc1)N(Cc1c(Cl)cccc1Cl)C(=O)COc1ccc(Br)cc1Cl. The van der Waals surface area contributed by atoms with Crippen molar-refractivity contribution in [2.24, 2.45) is 0 Å². The molecule has 0 aromatic heterocycles. The monoisotopic (exact) mass is 624 g/mol. The summed E-state index contributed by atoms with van der Waals surface area (Å²) >= 11 is 22.5. The number of rotatable bonds is 12. The van der Waals surface area contributed by atoms with E-state index in [9.17, 15) is 9.59 Å². The zero-order valence-corrected chi connectivity index (χ0v) is 24.2. The van der Waals surface area contributed by atoms with E-state index in [4.69, 9.17) is 39.5 Å². The Bertz CT molecular complexity index is 1190. The maximum absolute atomic E-state index is 13.7. The van der Waals surface area contributed by atoms with Crippen molar-refractivity contribution in [3.8, 4) is 5.75 Å². The van der Waals surface area contributed by atoms with Gasteiger partial charge in [-0.05, 0) is 42.3 Å². The van der Waals surface area contributed by atoms with Crippen LogP contribution in [0.15, 0.2) is 71.2 Å². The Morgan fingerprint density at radius 3 is 2.32 bits per heavy atom. The van der Waals surface area contributed by atoms with Gasteiger partial charge in [0.1, 0.15) is 11.8 Å². The number of halogens is 4. The number of hydrogen-bond acceptors (Lipinski definition) is 3. The molecule has 0 saturated heterocycles. The molecule has 3 aromatic rings. The quantitative estimate of drug-likeness (QED) is 0.214. The first-order valence-electron chi connectivity index (χ1n) is 11.9. The van der Waals surface area contributed by atoms with E-state index < -0.39 is 11.9 Å². The molecule has 0 saturated carbocycles. The molecule has 0 aliphatic rings. The van der Waals surface area contributed by atoms with Crippen molar-refractivity contribution < 1.29 is 14.3 Å². The number of hydrogen-bond donors (Lipinski definition) is 1. The van der Waals surface area contributed by atoms with Crippen molar-refractivity contribution in [3.05, 3.63) is 97.4 Å². The topological polar surface area (TPSA) is 58.6 Å². The summed E-state index contributed by atoms with van der Waals surface area (Å²) in [6.07, 6.45) is 2.08. The molecule has 0 aliphatic carbocycles. The molecule has 3 rings (SSSR count). The molecule has 0 radical (unpaired) electrons. The highest BCUT2D eigenvalue weighted by Crippen LogP contribution is 2.29. The third-order valence-electron chi connectivity index (χ3n) is 5.74. The largest absolute Gasteiger partial charge is 0.482 e. The Morgan fingerprint density at radius 1 is 0.973 bits per heavy atom. The van der Waals surface area contributed by atoms with E-state index in [-0.39, 0.29) is 19.1 Å². The first-order chi connectivity index (χ1) is 17.8. The molecule has 9 heteroatoms. The van der Waals surface area contributed by atoms with Crippen molar-refractivity contribution in [1.82, 2.24) is 10.2 Å². The molecule has 1 atom stereocenters. The Hall–Kier alpha value is -2.25. The number of carbonyl (C=O) groups is 2. The lowest BCUT2D eigenvalue weighted by Crippen LogP contribution is -2.52. The van der Waals surface area contributed by atoms with Gasteiger partial charge in [0.15, 0.2) is 6.61 Å². The normalized spacial score (nSPS) is 11.6. The van der Waals surface area contributed by atoms with Crippen molar-refractivity contribution in [1.29, 1.82) is 0 Å². The number of carbonyl (C=O) groups excluding carboxylic acids is 2. The second kappa shape index (κ2) is 14.6. The summed E-state index contributed by atoms with van der Waals surface area (Å²) in [5.41, 5.74) is 1.47. The number of unbranched alkanes of at least 4 members (excludes halogenated alkanes) is 1. The van der Waals surface area contributed by atoms with Crippen molar-refractivity contribution >= 4 is 62.5 Å². The standard InChI is InChI=1S/C28H28BrCl3N2O3/c1-2-3-14-33-28(36)25(15-19-8-5-4-6-9-19)34(17-21-22(30)10-7-11-23(21)31)27(35)18-37-26-13-12-20(29)16-24(26)32/h4-13,16,25H,2-3,14-15,17-18H2,1H3,(H,33,36). The van der Waals surface area contributed by atoms with Gasteiger partial charge >= 0.3 is 0 Å². The molecule has 1 N–H and O–H groups in total. The van der Waals surface area contributed by atoms with Gasteiger partial charge in [-0.15, -0.1) is 0 Å². The summed E-state index contributed by atoms with van der Waals surface area (Å²) in [7, 11) is 0. The Labute approximate surface area is 241 Å². The second-order valence-corrected chi connectivity index (χ2v) is 10.6. The van der Waals surface area contributed by atoms with E-state index in [0.29, 0.717) is 39.3 Å². The Balaban J connectivity index is 1.94. The first kappa shape index (κ1) is 29.3. The van der Waals surface area contributed by atoms with Gasteiger partial charge < -0.3 is 15.0 Å². The number of amides is 2. The molecule has 3 aromatic carbocycles. The zero-order valence-electron chi connectivity index (χ0n) is 20.4. The summed E-state index contributed by atoms with van der Waals surface area (Å²) in [4.78, 5) is 28.6. The summed E-state index contributed by atoms with van der Waals surface area (Å²) in [6, 6.07) is 19.0. The highest BCUT2D eigenvalue weighted by molar-refractivity contribution is 9.10. The van der Waals surface area contributed by atoms with Crippen LogP contribution in [-0.4, -0.2) is 35.9 Å². The number of nitrogens with one attached hydrogen (secondary N) is 1. The van der Waals surface area contributed by atoms with Crippen LogP contribution in [0.5, 0.6) is 5.75 Å². The molecular weight excluding hydrogens is 599 g/mol. The van der Waals surface area contributed by atoms with Gasteiger partial charge in [-0.25, -0.2) is 0 Å². The summed E-state index contributed by atoms with van der Waals surface area (Å²) in [5.74, 6) is -0.294. The van der Waals surface area contributed by atoms with E-state index in [1.807, 2.05) is 37.3 Å². The molecular formula is C28H28BrCl3N2O3. The van der Waals surface area contributed by atoms with E-state index in [1.54, 1.807) is 36.4 Å². The average Bonchev–Trinajstić information content (AvgIpc) is 2.87. The first-order valence-corrected chi connectivity index (χ1v) is 13.8. The lowest BCUT2D eigenvalue weighted by atomic mass is 10.0. The van der Waals surface area contributed by atoms with Gasteiger partial charge in [-0.1, -0.05) is 100 Å².